The van der Waals surface area contributed by atoms with E-state index < -0.39 is 0 Å². The van der Waals surface area contributed by atoms with Crippen molar-refractivity contribution in [2.75, 3.05) is 24.5 Å². The number of nitrogens with zero attached hydrogens (tertiary/aromatic N) is 1. The van der Waals surface area contributed by atoms with E-state index in [9.17, 15) is 0 Å². The Morgan fingerprint density at radius 2 is 2.05 bits per heavy atom. The largest absolute Gasteiger partial charge is 0.371 e. The van der Waals surface area contributed by atoms with Crippen LogP contribution in [0.5, 0.6) is 0 Å². The lowest BCUT2D eigenvalue weighted by Gasteiger charge is -2.22. The molecule has 0 radical (unpaired) electrons. The molecule has 1 unspecified atom stereocenters. The van der Waals surface area contributed by atoms with E-state index in [1.165, 1.54) is 62.9 Å². The van der Waals surface area contributed by atoms with Gasteiger partial charge in [-0.1, -0.05) is 31.0 Å². The topological polar surface area (TPSA) is 15.3 Å². The molecule has 2 nitrogen and oxygen atoms in total. The summed E-state index contributed by atoms with van der Waals surface area (Å²) in [7, 11) is 0. The molecule has 20 heavy (non-hydrogen) atoms. The van der Waals surface area contributed by atoms with Gasteiger partial charge in [-0.25, -0.2) is 0 Å². The molecule has 2 aliphatic rings. The Labute approximate surface area is 123 Å². The summed E-state index contributed by atoms with van der Waals surface area (Å²) in [5.74, 6) is 0.933. The maximum Gasteiger partial charge on any atom is 0.0399 e. The Morgan fingerprint density at radius 3 is 2.90 bits per heavy atom. The fourth-order valence-corrected chi connectivity index (χ4v) is 3.86. The van der Waals surface area contributed by atoms with Crippen LogP contribution in [0.25, 0.3) is 0 Å². The van der Waals surface area contributed by atoms with Gasteiger partial charge in [-0.05, 0) is 56.7 Å². The van der Waals surface area contributed by atoms with Gasteiger partial charge in [0.2, 0.25) is 0 Å². The summed E-state index contributed by atoms with van der Waals surface area (Å²) in [4.78, 5) is 2.55. The smallest absolute Gasteiger partial charge is 0.0399 e. The lowest BCUT2D eigenvalue weighted by atomic mass is 10.00. The first-order valence-corrected chi connectivity index (χ1v) is 8.41. The zero-order valence-electron chi connectivity index (χ0n) is 12.8. The van der Waals surface area contributed by atoms with Crippen LogP contribution in [0.2, 0.25) is 0 Å². The third-order valence-electron chi connectivity index (χ3n) is 5.16. The van der Waals surface area contributed by atoms with Crippen LogP contribution < -0.4 is 10.2 Å². The molecule has 1 fully saturated rings. The van der Waals surface area contributed by atoms with Crippen LogP contribution in [0.15, 0.2) is 24.3 Å². The van der Waals surface area contributed by atoms with Gasteiger partial charge in [0.15, 0.2) is 0 Å². The van der Waals surface area contributed by atoms with Crippen molar-refractivity contribution in [1.29, 1.82) is 0 Å². The first-order valence-electron chi connectivity index (χ1n) is 8.41. The monoisotopic (exact) mass is 272 g/mol. The maximum atomic E-state index is 3.75. The van der Waals surface area contributed by atoms with Crippen molar-refractivity contribution in [2.45, 2.75) is 51.5 Å². The number of hydrogen-bond donors (Lipinski definition) is 1. The minimum absolute atomic E-state index is 0.711. The molecule has 1 saturated carbocycles. The van der Waals surface area contributed by atoms with Crippen molar-refractivity contribution in [2.24, 2.45) is 5.92 Å². The number of nitrogens with one attached hydrogen (secondary N) is 1. The van der Waals surface area contributed by atoms with Crippen molar-refractivity contribution in [3.05, 3.63) is 29.8 Å². The molecule has 1 aliphatic heterocycles. The predicted octanol–water partition coefficient (Wildman–Crippen LogP) is 3.61. The molecule has 0 bridgehead atoms. The Morgan fingerprint density at radius 1 is 1.25 bits per heavy atom. The molecule has 1 atom stereocenters. The number of hydrogen-bond acceptors (Lipinski definition) is 2. The molecule has 1 N–H and O–H groups in total. The number of para-hydroxylation sites is 1. The van der Waals surface area contributed by atoms with Gasteiger partial charge in [0.05, 0.1) is 0 Å². The fourth-order valence-electron chi connectivity index (χ4n) is 3.86. The van der Waals surface area contributed by atoms with Gasteiger partial charge in [-0.3, -0.25) is 0 Å². The summed E-state index contributed by atoms with van der Waals surface area (Å²) >= 11 is 0. The normalized spacial score (nSPS) is 20.4. The Hall–Kier alpha value is -1.02. The molecule has 0 aromatic heterocycles. The zero-order chi connectivity index (χ0) is 13.8. The first-order chi connectivity index (χ1) is 9.84. The van der Waals surface area contributed by atoms with Crippen molar-refractivity contribution >= 4 is 5.69 Å². The highest BCUT2D eigenvalue weighted by Gasteiger charge is 2.21. The quantitative estimate of drug-likeness (QED) is 0.796. The van der Waals surface area contributed by atoms with Crippen LogP contribution in [0.3, 0.4) is 0 Å². The van der Waals surface area contributed by atoms with Crippen LogP contribution in [0.1, 0.15) is 44.6 Å². The van der Waals surface area contributed by atoms with E-state index in [2.05, 4.69) is 41.4 Å². The van der Waals surface area contributed by atoms with E-state index in [1.807, 2.05) is 0 Å². The number of anilines is 1. The minimum atomic E-state index is 0.711. The van der Waals surface area contributed by atoms with Gasteiger partial charge < -0.3 is 10.2 Å². The SMILES string of the molecule is CC(NCCCN1CCc2ccccc21)C1CCCC1. The van der Waals surface area contributed by atoms with E-state index in [1.54, 1.807) is 0 Å². The third-order valence-corrected chi connectivity index (χ3v) is 5.16. The van der Waals surface area contributed by atoms with E-state index in [4.69, 9.17) is 0 Å². The Bertz CT molecular complexity index is 423. The number of benzene rings is 1. The van der Waals surface area contributed by atoms with Gasteiger partial charge in [-0.15, -0.1) is 0 Å². The van der Waals surface area contributed by atoms with Gasteiger partial charge in [-0.2, -0.15) is 0 Å². The highest BCUT2D eigenvalue weighted by Crippen LogP contribution is 2.28. The van der Waals surface area contributed by atoms with Crippen molar-refractivity contribution in [3.8, 4) is 0 Å². The molecule has 1 aliphatic carbocycles. The number of rotatable bonds is 6. The standard InChI is InChI=1S/C18H28N2/c1-15(16-7-2-3-8-16)19-12-6-13-20-14-11-17-9-4-5-10-18(17)20/h4-5,9-10,15-16,19H,2-3,6-8,11-14H2,1H3. The summed E-state index contributed by atoms with van der Waals surface area (Å²) in [5, 5.41) is 3.75. The highest BCUT2D eigenvalue weighted by molar-refractivity contribution is 5.57. The van der Waals surface area contributed by atoms with Crippen LogP contribution in [-0.4, -0.2) is 25.7 Å². The second-order valence-electron chi connectivity index (χ2n) is 6.51. The Balaban J connectivity index is 1.38. The molecule has 0 saturated heterocycles. The van der Waals surface area contributed by atoms with E-state index in [0.717, 1.165) is 12.5 Å². The summed E-state index contributed by atoms with van der Waals surface area (Å²) in [6.07, 6.45) is 8.25. The van der Waals surface area contributed by atoms with Crippen LogP contribution in [0.4, 0.5) is 5.69 Å². The van der Waals surface area contributed by atoms with Gasteiger partial charge >= 0.3 is 0 Å². The van der Waals surface area contributed by atoms with Crippen molar-refractivity contribution < 1.29 is 0 Å². The molecule has 1 heterocycles. The van der Waals surface area contributed by atoms with Gasteiger partial charge in [0, 0.05) is 24.8 Å². The second-order valence-corrected chi connectivity index (χ2v) is 6.51. The third kappa shape index (κ3) is 3.17. The highest BCUT2D eigenvalue weighted by atomic mass is 15.1. The molecule has 2 heteroatoms. The van der Waals surface area contributed by atoms with Gasteiger partial charge in [0.1, 0.15) is 0 Å². The predicted molar refractivity (Wildman–Crippen MR) is 86.4 cm³/mol. The number of fused-ring (bicyclic) bond motifs is 1. The average molecular weight is 272 g/mol. The molecule has 110 valence electrons. The summed E-state index contributed by atoms with van der Waals surface area (Å²) in [5.41, 5.74) is 3.00. The second kappa shape index (κ2) is 6.62. The summed E-state index contributed by atoms with van der Waals surface area (Å²) < 4.78 is 0. The molecule has 0 spiro atoms. The summed E-state index contributed by atoms with van der Waals surface area (Å²) in [6, 6.07) is 9.58. The molecule has 1 aromatic carbocycles. The zero-order valence-corrected chi connectivity index (χ0v) is 12.8. The van der Waals surface area contributed by atoms with Crippen LogP contribution >= 0.6 is 0 Å². The molecular weight excluding hydrogens is 244 g/mol. The average Bonchev–Trinajstić information content (AvgIpc) is 3.13. The minimum Gasteiger partial charge on any atom is -0.371 e. The van der Waals surface area contributed by atoms with Gasteiger partial charge in [0.25, 0.3) is 0 Å². The summed E-state index contributed by atoms with van der Waals surface area (Å²) in [6.45, 7) is 5.94. The van der Waals surface area contributed by atoms with Crippen LogP contribution in [0, 0.1) is 5.92 Å². The lowest BCUT2D eigenvalue weighted by Crippen LogP contribution is -2.34. The molecule has 0 amide bonds. The fraction of sp³-hybridized carbons (Fsp3) is 0.667. The molecular formula is C18H28N2. The van der Waals surface area contributed by atoms with E-state index in [0.29, 0.717) is 6.04 Å². The van der Waals surface area contributed by atoms with Crippen molar-refractivity contribution in [1.82, 2.24) is 5.32 Å². The molecule has 1 aromatic rings. The maximum absolute atomic E-state index is 3.75. The lowest BCUT2D eigenvalue weighted by molar-refractivity contribution is 0.380. The van der Waals surface area contributed by atoms with Crippen molar-refractivity contribution in [3.63, 3.8) is 0 Å². The first kappa shape index (κ1) is 13.9. The Kier molecular flexibility index (Phi) is 4.62. The van der Waals surface area contributed by atoms with E-state index >= 15 is 0 Å². The van der Waals surface area contributed by atoms with E-state index in [-0.39, 0.29) is 0 Å². The molecule has 3 rings (SSSR count). The van der Waals surface area contributed by atoms with Crippen LogP contribution in [-0.2, 0) is 6.42 Å².